The quantitative estimate of drug-likeness (QED) is 0.482. The zero-order valence-corrected chi connectivity index (χ0v) is 8.75. The number of alkyl halides is 1. The summed E-state index contributed by atoms with van der Waals surface area (Å²) in [5.41, 5.74) is 0. The largest absolute Gasteiger partial charge is 0.453 e. The van der Waals surface area contributed by atoms with Crippen LogP contribution in [0, 0.1) is 0 Å². The van der Waals surface area contributed by atoms with Crippen LogP contribution < -0.4 is 5.32 Å². The average Bonchev–Trinajstić information content (AvgIpc) is 2.03. The van der Waals surface area contributed by atoms with E-state index in [4.69, 9.17) is 0 Å². The fraction of sp³-hybridized carbons (Fsp3) is 0.833. The van der Waals surface area contributed by atoms with Gasteiger partial charge < -0.3 is 10.1 Å². The maximum absolute atomic E-state index is 10.6. The highest BCUT2D eigenvalue weighted by Crippen LogP contribution is 2.09. The molecule has 11 heavy (non-hydrogen) atoms. The molecule has 0 radical (unpaired) electrons. The predicted octanol–water partition coefficient (Wildman–Crippen LogP) is 1.78. The van der Waals surface area contributed by atoms with Crippen LogP contribution in [0.1, 0.15) is 19.8 Å². The van der Waals surface area contributed by atoms with Gasteiger partial charge >= 0.3 is 6.09 Å². The lowest BCUT2D eigenvalue weighted by Crippen LogP contribution is -2.30. The molecule has 0 heterocycles. The summed E-state index contributed by atoms with van der Waals surface area (Å²) in [6.07, 6.45) is 1.17. The monoisotopic (exact) mass is 273 g/mol. The van der Waals surface area contributed by atoms with Crippen molar-refractivity contribution >= 4 is 27.3 Å². The van der Waals surface area contributed by atoms with Gasteiger partial charge in [0.1, 0.15) is 4.05 Å². The molecule has 66 valence electrons. The highest BCUT2D eigenvalue weighted by Gasteiger charge is 2.09. The van der Waals surface area contributed by atoms with Gasteiger partial charge in [-0.1, -0.05) is 13.3 Å². The van der Waals surface area contributed by atoms with Gasteiger partial charge in [-0.3, -0.25) is 3.07 Å². The van der Waals surface area contributed by atoms with E-state index in [1.54, 1.807) is 0 Å². The van der Waals surface area contributed by atoms with E-state index in [0.29, 0.717) is 0 Å². The minimum Gasteiger partial charge on any atom is -0.453 e. The number of hydrogen-bond acceptors (Lipinski definition) is 3. The third-order valence-corrected chi connectivity index (χ3v) is 2.66. The van der Waals surface area contributed by atoms with Gasteiger partial charge in [0.05, 0.1) is 7.11 Å². The molecular formula is C6H12INO3. The van der Waals surface area contributed by atoms with Crippen LogP contribution in [-0.2, 0) is 7.81 Å². The molecular weight excluding hydrogens is 261 g/mol. The number of carbonyl (C=O) groups excluding carboxylic acids is 1. The molecule has 1 atom stereocenters. The van der Waals surface area contributed by atoms with E-state index in [2.05, 4.69) is 10.1 Å². The van der Waals surface area contributed by atoms with E-state index in [1.807, 2.05) is 6.92 Å². The summed E-state index contributed by atoms with van der Waals surface area (Å²) in [6.45, 7) is 1.98. The number of methoxy groups -OCH3 is 1. The van der Waals surface area contributed by atoms with Crippen molar-refractivity contribution in [2.45, 2.75) is 23.8 Å². The van der Waals surface area contributed by atoms with Crippen molar-refractivity contribution in [1.82, 2.24) is 5.32 Å². The van der Waals surface area contributed by atoms with Crippen molar-refractivity contribution in [3.8, 4) is 0 Å². The van der Waals surface area contributed by atoms with Gasteiger partial charge in [0.2, 0.25) is 0 Å². The van der Waals surface area contributed by atoms with Crippen molar-refractivity contribution in [3.05, 3.63) is 0 Å². The maximum atomic E-state index is 10.6. The molecule has 0 rings (SSSR count). The second kappa shape index (κ2) is 6.51. The third-order valence-electron chi connectivity index (χ3n) is 1.11. The van der Waals surface area contributed by atoms with Crippen LogP contribution in [0.3, 0.4) is 0 Å². The lowest BCUT2D eigenvalue weighted by atomic mass is 10.3. The summed E-state index contributed by atoms with van der Waals surface area (Å²) < 4.78 is 14.7. The molecule has 0 unspecified atom stereocenters. The Kier molecular flexibility index (Phi) is 6.39. The molecule has 5 heteroatoms. The molecule has 1 N–H and O–H groups in total. The van der Waals surface area contributed by atoms with E-state index in [0.717, 1.165) is 12.8 Å². The van der Waals surface area contributed by atoms with Crippen LogP contribution in [0.15, 0.2) is 0 Å². The topological polar surface area (TPSA) is 55.4 Å². The van der Waals surface area contributed by atoms with Crippen LogP contribution in [0.25, 0.3) is 0 Å². The first-order valence-corrected chi connectivity index (χ1v) is 5.47. The third kappa shape index (κ3) is 5.11. The first kappa shape index (κ1) is 10.8. The first-order valence-electron chi connectivity index (χ1n) is 3.34. The van der Waals surface area contributed by atoms with Gasteiger partial charge in [-0.25, -0.2) is 4.79 Å². The normalized spacial score (nSPS) is 12.2. The van der Waals surface area contributed by atoms with Crippen molar-refractivity contribution in [1.29, 1.82) is 0 Å². The van der Waals surface area contributed by atoms with E-state index in [9.17, 15) is 7.86 Å². The number of alkyl carbamates (subject to hydrolysis) is 1. The maximum Gasteiger partial charge on any atom is 0.407 e. The molecule has 0 saturated carbocycles. The van der Waals surface area contributed by atoms with E-state index in [1.165, 1.54) is 7.11 Å². The number of amides is 1. The highest BCUT2D eigenvalue weighted by atomic mass is 127. The molecule has 4 nitrogen and oxygen atoms in total. The predicted molar refractivity (Wildman–Crippen MR) is 48.9 cm³/mol. The lowest BCUT2D eigenvalue weighted by Gasteiger charge is -2.08. The number of hydrogen-bond donors (Lipinski definition) is 1. The summed E-state index contributed by atoms with van der Waals surface area (Å²) in [6, 6.07) is 0. The van der Waals surface area contributed by atoms with Crippen LogP contribution in [0.5, 0.6) is 0 Å². The Morgan fingerprint density at radius 2 is 2.36 bits per heavy atom. The molecule has 0 aromatic rings. The number of rotatable bonds is 4. The van der Waals surface area contributed by atoms with Crippen molar-refractivity contribution in [2.24, 2.45) is 0 Å². The van der Waals surface area contributed by atoms with Crippen LogP contribution >= 0.6 is 21.2 Å². The molecule has 0 saturated heterocycles. The minimum absolute atomic E-state index is 0.175. The van der Waals surface area contributed by atoms with Crippen molar-refractivity contribution in [3.63, 3.8) is 0 Å². The zero-order chi connectivity index (χ0) is 8.69. The summed E-state index contributed by atoms with van der Waals surface area (Å²) >= 11 is -1.17. The fourth-order valence-electron chi connectivity index (χ4n) is 0.579. The van der Waals surface area contributed by atoms with Crippen molar-refractivity contribution < 1.29 is 12.6 Å². The van der Waals surface area contributed by atoms with Gasteiger partial charge in [-0.15, -0.1) is 0 Å². The molecule has 1 amide bonds. The molecule has 0 spiro atoms. The van der Waals surface area contributed by atoms with Crippen LogP contribution in [0.2, 0.25) is 0 Å². The second-order valence-corrected chi connectivity index (χ2v) is 3.99. The van der Waals surface area contributed by atoms with Crippen molar-refractivity contribution in [2.75, 3.05) is 7.11 Å². The Labute approximate surface area is 76.3 Å². The summed E-state index contributed by atoms with van der Waals surface area (Å²) in [7, 11) is 1.29. The fourth-order valence-corrected chi connectivity index (χ4v) is 1.84. The molecule has 0 fully saturated rings. The first-order chi connectivity index (χ1) is 5.24. The van der Waals surface area contributed by atoms with Gasteiger partial charge in [0, 0.05) is 0 Å². The van der Waals surface area contributed by atoms with Crippen LogP contribution in [0.4, 0.5) is 4.79 Å². The molecule has 0 bridgehead atoms. The summed E-state index contributed by atoms with van der Waals surface area (Å²) in [5, 5.41) is 2.49. The van der Waals surface area contributed by atoms with Gasteiger partial charge in [-0.05, 0) is 6.42 Å². The zero-order valence-electron chi connectivity index (χ0n) is 6.59. The second-order valence-electron chi connectivity index (χ2n) is 1.98. The summed E-state index contributed by atoms with van der Waals surface area (Å²) in [4.78, 5) is 10.6. The highest BCUT2D eigenvalue weighted by molar-refractivity contribution is 14.1. The number of halogens is 1. The van der Waals surface area contributed by atoms with Gasteiger partial charge in [0.15, 0.2) is 21.2 Å². The molecule has 0 aliphatic carbocycles. The van der Waals surface area contributed by atoms with E-state index < -0.39 is 27.3 Å². The SMILES string of the molecule is CCC[C@H](NC(=O)OC)I=O. The summed E-state index contributed by atoms with van der Waals surface area (Å²) in [5.74, 6) is 0. The standard InChI is InChI=1S/C6H12INO3/c1-3-4-5(7-10)8-6(9)11-2/h5H,3-4H2,1-2H3,(H,8,9)/t5-/m0/s1. The lowest BCUT2D eigenvalue weighted by molar-refractivity contribution is 0.170. The Hall–Kier alpha value is -0.200. The smallest absolute Gasteiger partial charge is 0.407 e. The molecule has 0 aromatic heterocycles. The Morgan fingerprint density at radius 3 is 2.73 bits per heavy atom. The average molecular weight is 273 g/mol. The van der Waals surface area contributed by atoms with Gasteiger partial charge in [-0.2, -0.15) is 0 Å². The van der Waals surface area contributed by atoms with Crippen LogP contribution in [-0.4, -0.2) is 17.3 Å². The molecule has 0 aromatic carbocycles. The Morgan fingerprint density at radius 1 is 1.73 bits per heavy atom. The Balaban J connectivity index is 3.67. The number of ether oxygens (including phenoxy) is 1. The van der Waals surface area contributed by atoms with E-state index >= 15 is 0 Å². The minimum atomic E-state index is -1.17. The van der Waals surface area contributed by atoms with E-state index in [-0.39, 0.29) is 4.05 Å². The molecule has 0 aliphatic rings. The Bertz CT molecular complexity index is 140. The number of carbonyl (C=O) groups is 1. The molecule has 0 aliphatic heterocycles. The number of nitrogens with one attached hydrogen (secondary N) is 1. The van der Waals surface area contributed by atoms with Gasteiger partial charge in [0.25, 0.3) is 0 Å².